The minimum atomic E-state index is -4.28. The largest absolute Gasteiger partial charge is 0.335 e. The molecule has 0 radical (unpaired) electrons. The summed E-state index contributed by atoms with van der Waals surface area (Å²) >= 11 is 0. The number of fused-ring (bicyclic) bond motifs is 1. The van der Waals surface area contributed by atoms with Crippen molar-refractivity contribution < 1.29 is 18.0 Å². The average Bonchev–Trinajstić information content (AvgIpc) is 2.62. The molecule has 2 amide bonds. The molecule has 0 saturated carbocycles. The highest BCUT2D eigenvalue weighted by atomic mass is 32.2. The molecule has 1 heterocycles. The molecule has 1 aliphatic heterocycles. The zero-order valence-corrected chi connectivity index (χ0v) is 14.6. The van der Waals surface area contributed by atoms with Gasteiger partial charge in [-0.05, 0) is 30.7 Å². The van der Waals surface area contributed by atoms with Gasteiger partial charge in [0.05, 0.1) is 11.3 Å². The molecule has 0 aliphatic carbocycles. The summed E-state index contributed by atoms with van der Waals surface area (Å²) in [4.78, 5) is 25.6. The van der Waals surface area contributed by atoms with Gasteiger partial charge in [0.1, 0.15) is 0 Å². The fraction of sp³-hybridized carbons (Fsp3) is 0.222. The summed E-state index contributed by atoms with van der Waals surface area (Å²) < 4.78 is 27.6. The molecule has 0 bridgehead atoms. The van der Waals surface area contributed by atoms with E-state index >= 15 is 0 Å². The molecule has 0 fully saturated rings. The Morgan fingerprint density at radius 1 is 1.00 bits per heavy atom. The van der Waals surface area contributed by atoms with Crippen LogP contribution in [0, 0.1) is 0 Å². The van der Waals surface area contributed by atoms with Gasteiger partial charge in [0.15, 0.2) is 0 Å². The third-order valence-corrected chi connectivity index (χ3v) is 5.74. The molecule has 2 aromatic carbocycles. The first-order chi connectivity index (χ1) is 12.0. The lowest BCUT2D eigenvalue weighted by molar-refractivity contribution is 0.0854. The van der Waals surface area contributed by atoms with Gasteiger partial charge in [-0.1, -0.05) is 43.7 Å². The predicted octanol–water partition coefficient (Wildman–Crippen LogP) is 2.83. The maximum absolute atomic E-state index is 13.0. The highest BCUT2D eigenvalue weighted by Gasteiger charge is 2.44. The van der Waals surface area contributed by atoms with Crippen molar-refractivity contribution >= 4 is 27.7 Å². The molecule has 0 aromatic heterocycles. The monoisotopic (exact) mass is 358 g/mol. The van der Waals surface area contributed by atoms with Crippen LogP contribution in [0.2, 0.25) is 0 Å². The molecule has 0 spiro atoms. The molecule has 0 atom stereocenters. The molecule has 6 nitrogen and oxygen atoms in total. The number of benzene rings is 2. The number of amides is 2. The second-order valence-corrected chi connectivity index (χ2v) is 7.39. The smallest absolute Gasteiger partial charge is 0.268 e. The van der Waals surface area contributed by atoms with E-state index in [1.165, 1.54) is 12.1 Å². The number of rotatable bonds is 4. The summed E-state index contributed by atoms with van der Waals surface area (Å²) in [6.45, 7) is 1.95. The summed E-state index contributed by atoms with van der Waals surface area (Å²) in [5.74, 6) is -1.27. The number of carbonyl (C=O) groups excluding carboxylic acids is 2. The number of para-hydroxylation sites is 1. The van der Waals surface area contributed by atoms with E-state index in [-0.39, 0.29) is 23.4 Å². The van der Waals surface area contributed by atoms with Crippen molar-refractivity contribution in [2.24, 2.45) is 0 Å². The second-order valence-electron chi connectivity index (χ2n) is 5.69. The van der Waals surface area contributed by atoms with Gasteiger partial charge < -0.3 is 0 Å². The Morgan fingerprint density at radius 2 is 1.64 bits per heavy atom. The van der Waals surface area contributed by atoms with Gasteiger partial charge in [0.25, 0.3) is 11.8 Å². The van der Waals surface area contributed by atoms with E-state index in [1.807, 2.05) is 6.92 Å². The van der Waals surface area contributed by atoms with Gasteiger partial charge in [-0.2, -0.15) is 12.7 Å². The molecule has 3 rings (SSSR count). The Balaban J connectivity index is 2.16. The molecule has 0 unspecified atom stereocenters. The topological polar surface area (TPSA) is 74.8 Å². The molecule has 25 heavy (non-hydrogen) atoms. The van der Waals surface area contributed by atoms with Crippen LogP contribution in [0.4, 0.5) is 5.69 Å². The molecule has 0 N–H and O–H groups in total. The fourth-order valence-electron chi connectivity index (χ4n) is 2.72. The van der Waals surface area contributed by atoms with Crippen molar-refractivity contribution in [3.63, 3.8) is 0 Å². The molecule has 7 heteroatoms. The first-order valence-corrected chi connectivity index (χ1v) is 9.44. The molecular weight excluding hydrogens is 340 g/mol. The summed E-state index contributed by atoms with van der Waals surface area (Å²) in [7, 11) is -4.28. The van der Waals surface area contributed by atoms with Crippen molar-refractivity contribution in [3.8, 4) is 0 Å². The SMILES string of the molecule is CCCCN1C(=O)c2ccccc2N(C(=O)c2ccccc2)S1(=O)=O. The van der Waals surface area contributed by atoms with Crippen LogP contribution in [0.5, 0.6) is 0 Å². The van der Waals surface area contributed by atoms with Crippen LogP contribution in [0.1, 0.15) is 40.5 Å². The van der Waals surface area contributed by atoms with Gasteiger partial charge in [-0.3, -0.25) is 9.59 Å². The Bertz CT molecular complexity index is 910. The average molecular weight is 358 g/mol. The van der Waals surface area contributed by atoms with Crippen LogP contribution in [0.3, 0.4) is 0 Å². The number of carbonyl (C=O) groups is 2. The molecular formula is C18H18N2O4S. The van der Waals surface area contributed by atoms with Crippen LogP contribution in [0.25, 0.3) is 0 Å². The second kappa shape index (κ2) is 6.68. The van der Waals surface area contributed by atoms with Gasteiger partial charge >= 0.3 is 10.2 Å². The Kier molecular flexibility index (Phi) is 4.59. The number of unbranched alkanes of at least 4 members (excludes halogenated alkanes) is 1. The zero-order valence-electron chi connectivity index (χ0n) is 13.8. The zero-order chi connectivity index (χ0) is 18.0. The highest BCUT2D eigenvalue weighted by Crippen LogP contribution is 2.33. The normalized spacial score (nSPS) is 15.8. The first-order valence-electron chi connectivity index (χ1n) is 8.04. The maximum Gasteiger partial charge on any atom is 0.335 e. The lowest BCUT2D eigenvalue weighted by Gasteiger charge is -2.35. The van der Waals surface area contributed by atoms with E-state index in [9.17, 15) is 18.0 Å². The first kappa shape index (κ1) is 17.2. The van der Waals surface area contributed by atoms with E-state index in [2.05, 4.69) is 0 Å². The molecule has 1 aliphatic rings. The number of nitrogens with zero attached hydrogens (tertiary/aromatic N) is 2. The van der Waals surface area contributed by atoms with E-state index in [0.29, 0.717) is 6.42 Å². The molecule has 2 aromatic rings. The van der Waals surface area contributed by atoms with Crippen molar-refractivity contribution in [1.82, 2.24) is 4.31 Å². The third-order valence-electron chi connectivity index (χ3n) is 4.01. The fourth-order valence-corrected chi connectivity index (χ4v) is 4.31. The Hall–Kier alpha value is -2.67. The van der Waals surface area contributed by atoms with E-state index in [1.54, 1.807) is 42.5 Å². The molecule has 130 valence electrons. The predicted molar refractivity (Wildman–Crippen MR) is 94.6 cm³/mol. The van der Waals surface area contributed by atoms with Gasteiger partial charge in [-0.15, -0.1) is 0 Å². The Morgan fingerprint density at radius 3 is 2.32 bits per heavy atom. The van der Waals surface area contributed by atoms with Crippen LogP contribution < -0.4 is 4.31 Å². The molecule has 0 saturated heterocycles. The number of hydrogen-bond donors (Lipinski definition) is 0. The van der Waals surface area contributed by atoms with Crippen LogP contribution >= 0.6 is 0 Å². The lowest BCUT2D eigenvalue weighted by Crippen LogP contribution is -2.53. The Labute approximate surface area is 146 Å². The van der Waals surface area contributed by atoms with Crippen LogP contribution in [0.15, 0.2) is 54.6 Å². The maximum atomic E-state index is 13.0. The minimum Gasteiger partial charge on any atom is -0.268 e. The van der Waals surface area contributed by atoms with E-state index < -0.39 is 22.0 Å². The van der Waals surface area contributed by atoms with Gasteiger partial charge in [0.2, 0.25) is 0 Å². The standard InChI is InChI=1S/C18H18N2O4S/c1-2-3-13-19-18(22)15-11-7-8-12-16(15)20(25(19,23)24)17(21)14-9-5-4-6-10-14/h4-12H,2-3,13H2,1H3. The van der Waals surface area contributed by atoms with Crippen molar-refractivity contribution in [1.29, 1.82) is 0 Å². The highest BCUT2D eigenvalue weighted by molar-refractivity contribution is 7.92. The number of anilines is 1. The summed E-state index contributed by atoms with van der Waals surface area (Å²) in [5.41, 5.74) is 0.539. The van der Waals surface area contributed by atoms with Crippen molar-refractivity contribution in [2.45, 2.75) is 19.8 Å². The van der Waals surface area contributed by atoms with Crippen LogP contribution in [-0.2, 0) is 10.2 Å². The van der Waals surface area contributed by atoms with E-state index in [4.69, 9.17) is 0 Å². The summed E-state index contributed by atoms with van der Waals surface area (Å²) in [6, 6.07) is 14.4. The quantitative estimate of drug-likeness (QED) is 0.842. The lowest BCUT2D eigenvalue weighted by atomic mass is 10.1. The number of hydrogen-bond acceptors (Lipinski definition) is 4. The third kappa shape index (κ3) is 2.91. The minimum absolute atomic E-state index is 0.0462. The van der Waals surface area contributed by atoms with E-state index in [0.717, 1.165) is 15.0 Å². The van der Waals surface area contributed by atoms with Gasteiger partial charge in [0, 0.05) is 12.1 Å². The van der Waals surface area contributed by atoms with Crippen molar-refractivity contribution in [3.05, 3.63) is 65.7 Å². The summed E-state index contributed by atoms with van der Waals surface area (Å²) in [6.07, 6.45) is 1.26. The van der Waals surface area contributed by atoms with Crippen LogP contribution in [-0.4, -0.2) is 31.1 Å². The van der Waals surface area contributed by atoms with Gasteiger partial charge in [-0.25, -0.2) is 4.31 Å². The van der Waals surface area contributed by atoms with Crippen molar-refractivity contribution in [2.75, 3.05) is 10.8 Å². The summed E-state index contributed by atoms with van der Waals surface area (Å²) in [5, 5.41) is 0.